The predicted molar refractivity (Wildman–Crippen MR) is 58.2 cm³/mol. The first-order valence-electron chi connectivity index (χ1n) is 4.19. The predicted octanol–water partition coefficient (Wildman–Crippen LogP) is 1.74. The molecule has 0 aromatic heterocycles. The van der Waals surface area contributed by atoms with E-state index in [4.69, 9.17) is 10.5 Å². The third-order valence-electron chi connectivity index (χ3n) is 1.86. The largest absolute Gasteiger partial charge is 0.380 e. The summed E-state index contributed by atoms with van der Waals surface area (Å²) in [7, 11) is 1.63. The third-order valence-corrected chi connectivity index (χ3v) is 2.60. The Labute approximate surface area is 91.4 Å². The van der Waals surface area contributed by atoms with Crippen LogP contribution in [0.1, 0.15) is 15.9 Å². The Balaban J connectivity index is 2.94. The Morgan fingerprint density at radius 3 is 2.79 bits per heavy atom. The van der Waals surface area contributed by atoms with Gasteiger partial charge in [-0.15, -0.1) is 0 Å². The second kappa shape index (κ2) is 5.24. The molecule has 0 heterocycles. The molecule has 0 saturated heterocycles. The van der Waals surface area contributed by atoms with Gasteiger partial charge in [0.15, 0.2) is 5.78 Å². The normalized spacial score (nSPS) is 10.2. The van der Waals surface area contributed by atoms with Gasteiger partial charge in [-0.25, -0.2) is 0 Å². The number of Topliss-reactive ketones (excluding diaryl/α,β-unsaturated/α-hetero) is 1. The minimum absolute atomic E-state index is 0.0378. The number of nitrogens with two attached hydrogens (primary N) is 1. The van der Waals surface area contributed by atoms with Crippen LogP contribution < -0.4 is 5.73 Å². The van der Waals surface area contributed by atoms with Crippen LogP contribution in [0, 0.1) is 0 Å². The first kappa shape index (κ1) is 11.4. The summed E-state index contributed by atoms with van der Waals surface area (Å²) in [6.45, 7) is 0.563. The van der Waals surface area contributed by atoms with Crippen molar-refractivity contribution in [2.24, 2.45) is 5.73 Å². The molecule has 0 unspecified atom stereocenters. The van der Waals surface area contributed by atoms with Crippen molar-refractivity contribution in [2.45, 2.75) is 6.61 Å². The van der Waals surface area contributed by atoms with Gasteiger partial charge in [0.25, 0.3) is 0 Å². The van der Waals surface area contributed by atoms with Crippen molar-refractivity contribution in [2.75, 3.05) is 13.7 Å². The highest BCUT2D eigenvalue weighted by atomic mass is 79.9. The van der Waals surface area contributed by atoms with Crippen LogP contribution in [0.3, 0.4) is 0 Å². The molecule has 0 saturated carbocycles. The van der Waals surface area contributed by atoms with Crippen LogP contribution >= 0.6 is 15.9 Å². The molecule has 0 aliphatic heterocycles. The van der Waals surface area contributed by atoms with Crippen molar-refractivity contribution in [1.29, 1.82) is 0 Å². The number of carbonyl (C=O) groups excluding carboxylic acids is 1. The number of halogens is 1. The van der Waals surface area contributed by atoms with Gasteiger partial charge in [-0.3, -0.25) is 4.79 Å². The topological polar surface area (TPSA) is 52.3 Å². The van der Waals surface area contributed by atoms with E-state index in [-0.39, 0.29) is 12.3 Å². The Morgan fingerprint density at radius 2 is 2.29 bits per heavy atom. The molecule has 0 bridgehead atoms. The molecule has 76 valence electrons. The van der Waals surface area contributed by atoms with Crippen LogP contribution in [0.5, 0.6) is 0 Å². The molecular weight excluding hydrogens is 246 g/mol. The number of ether oxygens (including phenoxy) is 1. The zero-order valence-corrected chi connectivity index (χ0v) is 9.50. The summed E-state index contributed by atoms with van der Waals surface area (Å²) in [6, 6.07) is 5.38. The molecule has 1 rings (SSSR count). The molecule has 0 atom stereocenters. The summed E-state index contributed by atoms with van der Waals surface area (Å²) in [5.41, 5.74) is 6.90. The first-order valence-corrected chi connectivity index (χ1v) is 4.99. The van der Waals surface area contributed by atoms with E-state index < -0.39 is 0 Å². The van der Waals surface area contributed by atoms with Crippen molar-refractivity contribution in [1.82, 2.24) is 0 Å². The molecule has 3 nitrogen and oxygen atoms in total. The molecule has 0 amide bonds. The van der Waals surface area contributed by atoms with Crippen molar-refractivity contribution in [3.8, 4) is 0 Å². The zero-order chi connectivity index (χ0) is 10.6. The Hall–Kier alpha value is -0.710. The lowest BCUT2D eigenvalue weighted by molar-refractivity contribution is 0.100. The van der Waals surface area contributed by atoms with E-state index in [1.165, 1.54) is 0 Å². The molecule has 1 aromatic rings. The quantitative estimate of drug-likeness (QED) is 0.837. The lowest BCUT2D eigenvalue weighted by Gasteiger charge is -2.05. The molecular formula is C10H12BrNO2. The first-order chi connectivity index (χ1) is 6.69. The van der Waals surface area contributed by atoms with E-state index in [1.807, 2.05) is 6.07 Å². The highest BCUT2D eigenvalue weighted by Gasteiger charge is 2.06. The molecule has 1 aromatic carbocycles. The second-order valence-corrected chi connectivity index (χ2v) is 3.72. The van der Waals surface area contributed by atoms with Crippen LogP contribution in [0.15, 0.2) is 22.7 Å². The van der Waals surface area contributed by atoms with E-state index in [0.29, 0.717) is 12.2 Å². The van der Waals surface area contributed by atoms with E-state index in [0.717, 1.165) is 10.0 Å². The van der Waals surface area contributed by atoms with Gasteiger partial charge in [0.2, 0.25) is 0 Å². The van der Waals surface area contributed by atoms with Gasteiger partial charge in [-0.2, -0.15) is 0 Å². The van der Waals surface area contributed by atoms with Crippen LogP contribution in [0.4, 0.5) is 0 Å². The summed E-state index contributed by atoms with van der Waals surface area (Å²) >= 11 is 3.37. The van der Waals surface area contributed by atoms with Gasteiger partial charge in [-0.05, 0) is 11.6 Å². The Morgan fingerprint density at radius 1 is 1.57 bits per heavy atom. The highest BCUT2D eigenvalue weighted by molar-refractivity contribution is 9.10. The maximum Gasteiger partial charge on any atom is 0.176 e. The van der Waals surface area contributed by atoms with Crippen molar-refractivity contribution in [3.05, 3.63) is 33.8 Å². The Bertz CT molecular complexity index is 339. The minimum Gasteiger partial charge on any atom is -0.380 e. The van der Waals surface area contributed by atoms with Crippen LogP contribution in [-0.2, 0) is 11.3 Å². The fourth-order valence-corrected chi connectivity index (χ4v) is 1.60. The average molecular weight is 258 g/mol. The standard InChI is InChI=1S/C10H12BrNO2/c1-14-6-8-3-2-7(4-9(8)11)10(13)5-12/h2-4H,5-6,12H2,1H3. The molecule has 0 aliphatic carbocycles. The highest BCUT2D eigenvalue weighted by Crippen LogP contribution is 2.19. The summed E-state index contributed by atoms with van der Waals surface area (Å²) < 4.78 is 5.87. The number of carbonyl (C=O) groups is 1. The number of ketones is 1. The van der Waals surface area contributed by atoms with Gasteiger partial charge in [0, 0.05) is 17.1 Å². The molecule has 0 aliphatic rings. The van der Waals surface area contributed by atoms with E-state index >= 15 is 0 Å². The number of hydrogen-bond acceptors (Lipinski definition) is 3. The van der Waals surface area contributed by atoms with Crippen molar-refractivity contribution >= 4 is 21.7 Å². The zero-order valence-electron chi connectivity index (χ0n) is 7.92. The minimum atomic E-state index is -0.0605. The van der Waals surface area contributed by atoms with Gasteiger partial charge < -0.3 is 10.5 Å². The summed E-state index contributed by atoms with van der Waals surface area (Å²) in [4.78, 5) is 11.3. The van der Waals surface area contributed by atoms with E-state index in [2.05, 4.69) is 15.9 Å². The van der Waals surface area contributed by atoms with Gasteiger partial charge in [0.1, 0.15) is 0 Å². The molecule has 0 radical (unpaired) electrons. The number of methoxy groups -OCH3 is 1. The van der Waals surface area contributed by atoms with E-state index in [9.17, 15) is 4.79 Å². The smallest absolute Gasteiger partial charge is 0.176 e. The lowest BCUT2D eigenvalue weighted by Crippen LogP contribution is -2.13. The SMILES string of the molecule is COCc1ccc(C(=O)CN)cc1Br. The maximum absolute atomic E-state index is 11.3. The van der Waals surface area contributed by atoms with Gasteiger partial charge in [0.05, 0.1) is 13.2 Å². The Kier molecular flexibility index (Phi) is 4.25. The van der Waals surface area contributed by atoms with Gasteiger partial charge in [-0.1, -0.05) is 28.1 Å². The molecule has 0 spiro atoms. The monoisotopic (exact) mass is 257 g/mol. The third kappa shape index (κ3) is 2.64. The lowest BCUT2D eigenvalue weighted by atomic mass is 10.1. The van der Waals surface area contributed by atoms with Crippen LogP contribution in [0.2, 0.25) is 0 Å². The maximum atomic E-state index is 11.3. The summed E-state index contributed by atoms with van der Waals surface area (Å²) in [6.07, 6.45) is 0. The molecule has 2 N–H and O–H groups in total. The molecule has 4 heteroatoms. The molecule has 0 fully saturated rings. The van der Waals surface area contributed by atoms with Crippen LogP contribution in [0.25, 0.3) is 0 Å². The van der Waals surface area contributed by atoms with Crippen molar-refractivity contribution < 1.29 is 9.53 Å². The van der Waals surface area contributed by atoms with Crippen molar-refractivity contribution in [3.63, 3.8) is 0 Å². The van der Waals surface area contributed by atoms with Gasteiger partial charge >= 0.3 is 0 Å². The number of hydrogen-bond donors (Lipinski definition) is 1. The fraction of sp³-hybridized carbons (Fsp3) is 0.300. The fourth-order valence-electron chi connectivity index (χ4n) is 1.11. The van der Waals surface area contributed by atoms with E-state index in [1.54, 1.807) is 19.2 Å². The average Bonchev–Trinajstić information content (AvgIpc) is 2.20. The number of rotatable bonds is 4. The second-order valence-electron chi connectivity index (χ2n) is 2.87. The molecule has 14 heavy (non-hydrogen) atoms. The summed E-state index contributed by atoms with van der Waals surface area (Å²) in [5, 5.41) is 0. The summed E-state index contributed by atoms with van der Waals surface area (Å²) in [5.74, 6) is -0.0605. The number of benzene rings is 1. The van der Waals surface area contributed by atoms with Crippen LogP contribution in [-0.4, -0.2) is 19.4 Å².